The van der Waals surface area contributed by atoms with Gasteiger partial charge >= 0.3 is 0 Å². The van der Waals surface area contributed by atoms with E-state index >= 15 is 0 Å². The molecule has 2 aromatic rings. The van der Waals surface area contributed by atoms with Gasteiger partial charge in [0.05, 0.1) is 22.2 Å². The second-order valence-electron chi connectivity index (χ2n) is 8.24. The number of amides is 1. The van der Waals surface area contributed by atoms with E-state index in [-0.39, 0.29) is 17.3 Å². The molecule has 166 valence electrons. The van der Waals surface area contributed by atoms with Crippen LogP contribution < -0.4 is 5.32 Å². The van der Waals surface area contributed by atoms with Gasteiger partial charge in [-0.2, -0.15) is 4.31 Å². The molecule has 6 nitrogen and oxygen atoms in total. The summed E-state index contributed by atoms with van der Waals surface area (Å²) < 4.78 is 27.7. The third kappa shape index (κ3) is 5.29. The van der Waals surface area contributed by atoms with E-state index in [0.29, 0.717) is 23.8 Å². The second kappa shape index (κ2) is 9.69. The molecule has 2 aliphatic heterocycles. The Kier molecular flexibility index (Phi) is 6.96. The van der Waals surface area contributed by atoms with Crippen molar-refractivity contribution in [1.29, 1.82) is 0 Å². The van der Waals surface area contributed by atoms with Crippen LogP contribution >= 0.6 is 11.6 Å². The molecule has 0 bridgehead atoms. The Morgan fingerprint density at radius 1 is 0.968 bits per heavy atom. The predicted octanol–water partition coefficient (Wildman–Crippen LogP) is 3.90. The maximum absolute atomic E-state index is 13.1. The van der Waals surface area contributed by atoms with E-state index < -0.39 is 10.0 Å². The summed E-state index contributed by atoms with van der Waals surface area (Å²) in [5.74, 6) is -0.203. The molecular weight excluding hydrogens is 434 g/mol. The number of fused-ring (bicyclic) bond motifs is 1. The summed E-state index contributed by atoms with van der Waals surface area (Å²) >= 11 is 6.28. The largest absolute Gasteiger partial charge is 0.324 e. The number of hydrogen-bond donors (Lipinski definition) is 1. The van der Waals surface area contributed by atoms with Crippen LogP contribution in [0.2, 0.25) is 5.02 Å². The highest BCUT2D eigenvalue weighted by atomic mass is 35.5. The number of carbonyl (C=O) groups excluding carboxylic acids is 1. The van der Waals surface area contributed by atoms with Crippen molar-refractivity contribution in [3.8, 4) is 0 Å². The van der Waals surface area contributed by atoms with Crippen molar-refractivity contribution >= 4 is 33.2 Å². The third-order valence-electron chi connectivity index (χ3n) is 5.99. The number of hydrogen-bond acceptors (Lipinski definition) is 4. The zero-order valence-corrected chi connectivity index (χ0v) is 19.1. The minimum atomic E-state index is -3.61. The van der Waals surface area contributed by atoms with E-state index in [9.17, 15) is 13.2 Å². The SMILES string of the molecule is O=C(CN1CCc2ccccc2C1)Nc1cc(S(=O)(=O)N2CCCCCC2)ccc1Cl. The van der Waals surface area contributed by atoms with Gasteiger partial charge in [-0.25, -0.2) is 8.42 Å². The Labute approximate surface area is 189 Å². The van der Waals surface area contributed by atoms with Crippen LogP contribution in [0, 0.1) is 0 Å². The number of sulfonamides is 1. The number of carbonyl (C=O) groups is 1. The maximum atomic E-state index is 13.1. The molecule has 0 saturated carbocycles. The fourth-order valence-electron chi connectivity index (χ4n) is 4.27. The minimum Gasteiger partial charge on any atom is -0.324 e. The normalized spacial score (nSPS) is 18.2. The van der Waals surface area contributed by atoms with Crippen molar-refractivity contribution in [1.82, 2.24) is 9.21 Å². The standard InChI is InChI=1S/C23H28ClN3O3S/c24-21-10-9-20(31(29,30)27-12-5-1-2-6-13-27)15-22(21)25-23(28)17-26-14-11-18-7-3-4-8-19(18)16-26/h3-4,7-10,15H,1-2,5-6,11-14,16-17H2,(H,25,28). The molecule has 0 atom stereocenters. The molecule has 2 heterocycles. The van der Waals surface area contributed by atoms with Crippen LogP contribution in [0.15, 0.2) is 47.4 Å². The van der Waals surface area contributed by atoms with Gasteiger partial charge in [-0.05, 0) is 48.6 Å². The fourth-order valence-corrected chi connectivity index (χ4v) is 5.98. The molecule has 1 amide bonds. The quantitative estimate of drug-likeness (QED) is 0.733. The van der Waals surface area contributed by atoms with Gasteiger partial charge < -0.3 is 5.32 Å². The summed E-state index contributed by atoms with van der Waals surface area (Å²) in [6.07, 6.45) is 4.75. The number of benzene rings is 2. The molecule has 1 saturated heterocycles. The van der Waals surface area contributed by atoms with Crippen molar-refractivity contribution in [2.24, 2.45) is 0 Å². The van der Waals surface area contributed by atoms with E-state index in [1.807, 2.05) is 12.1 Å². The topological polar surface area (TPSA) is 69.7 Å². The summed E-state index contributed by atoms with van der Waals surface area (Å²) in [4.78, 5) is 14.9. The smallest absolute Gasteiger partial charge is 0.243 e. The first-order valence-electron chi connectivity index (χ1n) is 10.8. The Morgan fingerprint density at radius 2 is 1.68 bits per heavy atom. The van der Waals surface area contributed by atoms with E-state index in [1.54, 1.807) is 10.4 Å². The van der Waals surface area contributed by atoms with Gasteiger partial charge in [-0.15, -0.1) is 0 Å². The van der Waals surface area contributed by atoms with Gasteiger partial charge in [0, 0.05) is 26.2 Å². The lowest BCUT2D eigenvalue weighted by molar-refractivity contribution is -0.117. The van der Waals surface area contributed by atoms with Crippen molar-refractivity contribution in [3.05, 3.63) is 58.6 Å². The summed E-state index contributed by atoms with van der Waals surface area (Å²) in [6, 6.07) is 12.8. The molecule has 1 fully saturated rings. The van der Waals surface area contributed by atoms with Gasteiger partial charge in [0.1, 0.15) is 0 Å². The average molecular weight is 462 g/mol. The first-order chi connectivity index (χ1) is 14.9. The maximum Gasteiger partial charge on any atom is 0.243 e. The number of halogens is 1. The van der Waals surface area contributed by atoms with Crippen molar-refractivity contribution in [2.45, 2.75) is 43.5 Å². The van der Waals surface area contributed by atoms with Crippen LogP contribution in [0.1, 0.15) is 36.8 Å². The lowest BCUT2D eigenvalue weighted by Crippen LogP contribution is -2.37. The fraction of sp³-hybridized carbons (Fsp3) is 0.435. The number of nitrogens with one attached hydrogen (secondary N) is 1. The molecule has 8 heteroatoms. The first-order valence-corrected chi connectivity index (χ1v) is 12.6. The summed E-state index contributed by atoms with van der Waals surface area (Å²) in [5, 5.41) is 3.14. The van der Waals surface area contributed by atoms with Crippen LogP contribution in [0.3, 0.4) is 0 Å². The second-order valence-corrected chi connectivity index (χ2v) is 10.6. The zero-order chi connectivity index (χ0) is 21.8. The van der Waals surface area contributed by atoms with Crippen LogP contribution in [-0.4, -0.2) is 49.7 Å². The van der Waals surface area contributed by atoms with Crippen LogP contribution in [0.25, 0.3) is 0 Å². The Morgan fingerprint density at radius 3 is 2.42 bits per heavy atom. The summed E-state index contributed by atoms with van der Waals surface area (Å²) in [7, 11) is -3.61. The van der Waals surface area contributed by atoms with E-state index in [4.69, 9.17) is 11.6 Å². The third-order valence-corrected chi connectivity index (χ3v) is 8.22. The first kappa shape index (κ1) is 22.3. The highest BCUT2D eigenvalue weighted by molar-refractivity contribution is 7.89. The minimum absolute atomic E-state index is 0.168. The van der Waals surface area contributed by atoms with E-state index in [1.165, 1.54) is 23.3 Å². The monoisotopic (exact) mass is 461 g/mol. The Balaban J connectivity index is 1.44. The van der Waals surface area contributed by atoms with Crippen molar-refractivity contribution in [2.75, 3.05) is 31.5 Å². The summed E-state index contributed by atoms with van der Waals surface area (Å²) in [5.41, 5.74) is 2.90. The van der Waals surface area contributed by atoms with Crippen LogP contribution in [0.5, 0.6) is 0 Å². The van der Waals surface area contributed by atoms with E-state index in [2.05, 4.69) is 22.3 Å². The molecule has 2 aliphatic rings. The highest BCUT2D eigenvalue weighted by Gasteiger charge is 2.26. The lowest BCUT2D eigenvalue weighted by atomic mass is 10.00. The molecule has 2 aromatic carbocycles. The van der Waals surface area contributed by atoms with Crippen molar-refractivity contribution < 1.29 is 13.2 Å². The molecule has 0 radical (unpaired) electrons. The molecule has 0 aromatic heterocycles. The summed E-state index contributed by atoms with van der Waals surface area (Å²) in [6.45, 7) is 2.82. The highest BCUT2D eigenvalue weighted by Crippen LogP contribution is 2.28. The Bertz CT molecular complexity index is 1050. The zero-order valence-electron chi connectivity index (χ0n) is 17.5. The Hall–Kier alpha value is -1.93. The van der Waals surface area contributed by atoms with Gasteiger partial charge in [0.15, 0.2) is 0 Å². The van der Waals surface area contributed by atoms with Gasteiger partial charge in [0.25, 0.3) is 0 Å². The molecular formula is C23H28ClN3O3S. The number of rotatable bonds is 5. The molecule has 0 spiro atoms. The number of anilines is 1. The van der Waals surface area contributed by atoms with Crippen LogP contribution in [0.4, 0.5) is 5.69 Å². The van der Waals surface area contributed by atoms with Gasteiger partial charge in [0.2, 0.25) is 15.9 Å². The molecule has 0 aliphatic carbocycles. The van der Waals surface area contributed by atoms with Crippen LogP contribution in [-0.2, 0) is 27.8 Å². The molecule has 4 rings (SSSR count). The predicted molar refractivity (Wildman–Crippen MR) is 123 cm³/mol. The molecule has 0 unspecified atom stereocenters. The van der Waals surface area contributed by atoms with Gasteiger partial charge in [-0.3, -0.25) is 9.69 Å². The molecule has 31 heavy (non-hydrogen) atoms. The lowest BCUT2D eigenvalue weighted by Gasteiger charge is -2.28. The van der Waals surface area contributed by atoms with E-state index in [0.717, 1.165) is 45.2 Å². The average Bonchev–Trinajstić information content (AvgIpc) is 3.05. The molecule has 1 N–H and O–H groups in total. The van der Waals surface area contributed by atoms with Crippen molar-refractivity contribution in [3.63, 3.8) is 0 Å². The van der Waals surface area contributed by atoms with Gasteiger partial charge in [-0.1, -0.05) is 48.7 Å². The number of nitrogens with zero attached hydrogens (tertiary/aromatic N) is 2.